The summed E-state index contributed by atoms with van der Waals surface area (Å²) in [4.78, 5) is 23.2. The summed E-state index contributed by atoms with van der Waals surface area (Å²) in [5.41, 5.74) is 1.60. The highest BCUT2D eigenvalue weighted by atomic mass is 32.2. The topological polar surface area (TPSA) is 81.2 Å². The number of ketones is 1. The maximum absolute atomic E-state index is 11.6. The predicted molar refractivity (Wildman–Crippen MR) is 106 cm³/mol. The zero-order valence-electron chi connectivity index (χ0n) is 14.9. The Kier molecular flexibility index (Phi) is 8.40. The fourth-order valence-electron chi connectivity index (χ4n) is 2.01. The molecule has 0 aliphatic heterocycles. The van der Waals surface area contributed by atoms with Crippen molar-refractivity contribution in [2.75, 3.05) is 19.4 Å². The molecule has 0 bridgehead atoms. The lowest BCUT2D eigenvalue weighted by atomic mass is 10.1. The number of carbonyl (C=O) groups is 2. The van der Waals surface area contributed by atoms with Crippen molar-refractivity contribution in [3.63, 3.8) is 0 Å². The van der Waals surface area contributed by atoms with Crippen LogP contribution in [0.2, 0.25) is 0 Å². The molecule has 1 N–H and O–H groups in total. The van der Waals surface area contributed by atoms with Crippen molar-refractivity contribution in [2.24, 2.45) is 0 Å². The fraction of sp³-hybridized carbons (Fsp3) is 0.412. The number of aromatic nitrogens is 2. The number of carbonyl (C=O) groups excluding carboxylic acids is 2. The molecule has 1 heterocycles. The lowest BCUT2D eigenvalue weighted by Crippen LogP contribution is -2.25. The smallest absolute Gasteiger partial charge is 0.230 e. The van der Waals surface area contributed by atoms with Gasteiger partial charge in [0, 0.05) is 23.4 Å². The van der Waals surface area contributed by atoms with Gasteiger partial charge in [0.2, 0.25) is 5.91 Å². The minimum absolute atomic E-state index is 0.00652. The Labute approximate surface area is 165 Å². The van der Waals surface area contributed by atoms with Crippen LogP contribution in [0.3, 0.4) is 0 Å². The van der Waals surface area contributed by atoms with Crippen LogP contribution < -0.4 is 10.1 Å². The number of benzene rings is 1. The van der Waals surface area contributed by atoms with Crippen LogP contribution in [0.4, 0.5) is 0 Å². The first kappa shape index (κ1) is 20.7. The molecule has 0 fully saturated rings. The number of hydrogen-bond donors (Lipinski definition) is 1. The average molecular weight is 412 g/mol. The Morgan fingerprint density at radius 1 is 1.23 bits per heavy atom. The Balaban J connectivity index is 1.92. The van der Waals surface area contributed by atoms with Crippen LogP contribution in [0, 0.1) is 0 Å². The summed E-state index contributed by atoms with van der Waals surface area (Å²) in [6, 6.07) is 5.42. The second-order valence-electron chi connectivity index (χ2n) is 5.34. The van der Waals surface area contributed by atoms with Crippen molar-refractivity contribution in [2.45, 2.75) is 34.7 Å². The van der Waals surface area contributed by atoms with Crippen molar-refractivity contribution in [3.05, 3.63) is 29.3 Å². The van der Waals surface area contributed by atoms with E-state index in [9.17, 15) is 9.59 Å². The molecule has 0 saturated heterocycles. The molecule has 2 rings (SSSR count). The number of Topliss-reactive ketones (excluding diaryl/α,β-unsaturated/α-hetero) is 1. The second kappa shape index (κ2) is 10.5. The summed E-state index contributed by atoms with van der Waals surface area (Å²) in [6.07, 6.45) is 0.921. The van der Waals surface area contributed by atoms with Crippen LogP contribution >= 0.6 is 34.9 Å². The molecular formula is C17H21N3O3S3. The molecule has 0 unspecified atom stereocenters. The fourth-order valence-corrected chi connectivity index (χ4v) is 4.83. The third-order valence-corrected chi connectivity index (χ3v) is 6.56. The molecule has 26 heavy (non-hydrogen) atoms. The Morgan fingerprint density at radius 2 is 1.96 bits per heavy atom. The number of nitrogens with one attached hydrogen (secondary N) is 1. The zero-order chi connectivity index (χ0) is 18.9. The van der Waals surface area contributed by atoms with Gasteiger partial charge in [0.25, 0.3) is 0 Å². The van der Waals surface area contributed by atoms with Gasteiger partial charge in [-0.15, -0.1) is 10.2 Å². The maximum Gasteiger partial charge on any atom is 0.230 e. The monoisotopic (exact) mass is 411 g/mol. The SMILES string of the molecule is CCCNC(=O)CSc1nnc(SCc2cc(C(C)=O)ccc2OC)s1. The van der Waals surface area contributed by atoms with E-state index in [0.717, 1.165) is 26.4 Å². The summed E-state index contributed by atoms with van der Waals surface area (Å²) in [5, 5.41) is 11.1. The molecule has 140 valence electrons. The number of rotatable bonds is 10. The number of amides is 1. The second-order valence-corrected chi connectivity index (χ2v) is 8.77. The summed E-state index contributed by atoms with van der Waals surface area (Å²) in [6.45, 7) is 4.25. The van der Waals surface area contributed by atoms with Gasteiger partial charge in [0.1, 0.15) is 5.75 Å². The molecule has 0 aliphatic carbocycles. The van der Waals surface area contributed by atoms with Gasteiger partial charge in [0.15, 0.2) is 14.5 Å². The molecule has 0 spiro atoms. The lowest BCUT2D eigenvalue weighted by molar-refractivity contribution is -0.118. The van der Waals surface area contributed by atoms with E-state index in [4.69, 9.17) is 4.74 Å². The molecule has 6 nitrogen and oxygen atoms in total. The minimum atomic E-state index is 0.00652. The van der Waals surface area contributed by atoms with Crippen molar-refractivity contribution in [3.8, 4) is 5.75 Å². The highest BCUT2D eigenvalue weighted by Gasteiger charge is 2.11. The molecule has 0 atom stereocenters. The number of methoxy groups -OCH3 is 1. The summed E-state index contributed by atoms with van der Waals surface area (Å²) in [5.74, 6) is 1.74. The van der Waals surface area contributed by atoms with Gasteiger partial charge in [0.05, 0.1) is 12.9 Å². The first-order chi connectivity index (χ1) is 12.5. The van der Waals surface area contributed by atoms with Crippen LogP contribution in [0.25, 0.3) is 0 Å². The van der Waals surface area contributed by atoms with Crippen LogP contribution in [0.5, 0.6) is 5.75 Å². The van der Waals surface area contributed by atoms with Crippen molar-refractivity contribution in [1.29, 1.82) is 0 Å². The van der Waals surface area contributed by atoms with Crippen LogP contribution in [-0.4, -0.2) is 41.3 Å². The molecule has 2 aromatic rings. The molecule has 1 aromatic carbocycles. The van der Waals surface area contributed by atoms with Gasteiger partial charge >= 0.3 is 0 Å². The molecule has 1 amide bonds. The van der Waals surface area contributed by atoms with E-state index in [2.05, 4.69) is 15.5 Å². The van der Waals surface area contributed by atoms with Gasteiger partial charge < -0.3 is 10.1 Å². The Hall–Kier alpha value is -1.58. The van der Waals surface area contributed by atoms with Crippen LogP contribution in [-0.2, 0) is 10.5 Å². The quantitative estimate of drug-likeness (QED) is 0.472. The van der Waals surface area contributed by atoms with E-state index in [1.54, 1.807) is 20.1 Å². The molecule has 0 radical (unpaired) electrons. The van der Waals surface area contributed by atoms with E-state index in [1.807, 2.05) is 19.1 Å². The lowest BCUT2D eigenvalue weighted by Gasteiger charge is -2.08. The maximum atomic E-state index is 11.6. The molecule has 9 heteroatoms. The standard InChI is InChI=1S/C17H21N3O3S3/c1-4-7-18-15(22)10-25-17-20-19-16(26-17)24-9-13-8-12(11(2)21)5-6-14(13)23-3/h5-6,8H,4,7,9-10H2,1-3H3,(H,18,22). The number of ether oxygens (including phenoxy) is 1. The largest absolute Gasteiger partial charge is 0.496 e. The van der Waals surface area contributed by atoms with Crippen LogP contribution in [0.15, 0.2) is 26.9 Å². The van der Waals surface area contributed by atoms with E-state index in [0.29, 0.717) is 23.6 Å². The van der Waals surface area contributed by atoms with Gasteiger partial charge in [-0.05, 0) is 31.5 Å². The highest BCUT2D eigenvalue weighted by molar-refractivity contribution is 8.03. The normalized spacial score (nSPS) is 10.6. The van der Waals surface area contributed by atoms with E-state index >= 15 is 0 Å². The van der Waals surface area contributed by atoms with Gasteiger partial charge in [-0.3, -0.25) is 9.59 Å². The predicted octanol–water partition coefficient (Wildman–Crippen LogP) is 3.66. The Bertz CT molecular complexity index is 765. The van der Waals surface area contributed by atoms with Gasteiger partial charge in [-0.1, -0.05) is 41.8 Å². The van der Waals surface area contributed by atoms with Gasteiger partial charge in [-0.2, -0.15) is 0 Å². The van der Waals surface area contributed by atoms with Crippen molar-refractivity contribution >= 4 is 46.6 Å². The number of thioether (sulfide) groups is 2. The third-order valence-electron chi connectivity index (χ3n) is 3.32. The summed E-state index contributed by atoms with van der Waals surface area (Å²) < 4.78 is 6.95. The first-order valence-electron chi connectivity index (χ1n) is 8.07. The van der Waals surface area contributed by atoms with Crippen molar-refractivity contribution < 1.29 is 14.3 Å². The number of hydrogen-bond acceptors (Lipinski definition) is 8. The zero-order valence-corrected chi connectivity index (χ0v) is 17.4. The summed E-state index contributed by atoms with van der Waals surface area (Å²) in [7, 11) is 1.61. The molecular weight excluding hydrogens is 390 g/mol. The van der Waals surface area contributed by atoms with E-state index in [1.165, 1.54) is 34.9 Å². The molecule has 0 aliphatic rings. The molecule has 1 aromatic heterocycles. The average Bonchev–Trinajstić information content (AvgIpc) is 3.10. The molecule has 0 saturated carbocycles. The van der Waals surface area contributed by atoms with Gasteiger partial charge in [-0.25, -0.2) is 0 Å². The van der Waals surface area contributed by atoms with Crippen molar-refractivity contribution in [1.82, 2.24) is 15.5 Å². The van der Waals surface area contributed by atoms with E-state index in [-0.39, 0.29) is 11.7 Å². The van der Waals surface area contributed by atoms with E-state index < -0.39 is 0 Å². The first-order valence-corrected chi connectivity index (χ1v) is 10.9. The third kappa shape index (κ3) is 6.30. The van der Waals surface area contributed by atoms with Crippen LogP contribution in [0.1, 0.15) is 36.2 Å². The summed E-state index contributed by atoms with van der Waals surface area (Å²) >= 11 is 4.38. The number of nitrogens with zero attached hydrogens (tertiary/aromatic N) is 2. The Morgan fingerprint density at radius 3 is 2.62 bits per heavy atom. The minimum Gasteiger partial charge on any atom is -0.496 e. The highest BCUT2D eigenvalue weighted by Crippen LogP contribution is 2.33.